The van der Waals surface area contributed by atoms with Crippen LogP contribution in [0.2, 0.25) is 5.02 Å². The van der Waals surface area contributed by atoms with Crippen molar-refractivity contribution in [3.8, 4) is 0 Å². The number of carboxylic acid groups (broad SMARTS) is 1. The van der Waals surface area contributed by atoms with Gasteiger partial charge in [0.25, 0.3) is 5.91 Å². The molecule has 0 aromatic heterocycles. The van der Waals surface area contributed by atoms with E-state index in [-0.39, 0.29) is 0 Å². The van der Waals surface area contributed by atoms with Crippen molar-refractivity contribution in [1.82, 2.24) is 5.32 Å². The average molecular weight is 293 g/mol. The van der Waals surface area contributed by atoms with E-state index in [1.807, 2.05) is 0 Å². The number of carboxylic acids is 1. The van der Waals surface area contributed by atoms with Gasteiger partial charge in [0, 0.05) is 15.1 Å². The van der Waals surface area contributed by atoms with Crippen LogP contribution >= 0.6 is 27.5 Å². The molecule has 1 amide bonds. The van der Waals surface area contributed by atoms with Gasteiger partial charge in [0.1, 0.15) is 6.54 Å². The van der Waals surface area contributed by atoms with Gasteiger partial charge in [0.15, 0.2) is 0 Å². The molecule has 2 N–H and O–H groups in total. The molecular weight excluding hydrogens is 285 g/mol. The van der Waals surface area contributed by atoms with E-state index < -0.39 is 18.4 Å². The van der Waals surface area contributed by atoms with Crippen LogP contribution in [0.4, 0.5) is 0 Å². The van der Waals surface area contributed by atoms with E-state index in [4.69, 9.17) is 16.7 Å². The molecule has 1 rings (SSSR count). The molecule has 0 radical (unpaired) electrons. The molecule has 0 atom stereocenters. The van der Waals surface area contributed by atoms with Crippen molar-refractivity contribution < 1.29 is 14.7 Å². The first kappa shape index (κ1) is 12.0. The third kappa shape index (κ3) is 3.89. The summed E-state index contributed by atoms with van der Waals surface area (Å²) >= 11 is 8.91. The molecule has 0 aliphatic rings. The number of rotatable bonds is 3. The summed E-state index contributed by atoms with van der Waals surface area (Å²) < 4.78 is 0.662. The highest BCUT2D eigenvalue weighted by molar-refractivity contribution is 9.10. The van der Waals surface area contributed by atoms with Crippen LogP contribution in [0.3, 0.4) is 0 Å². The molecule has 15 heavy (non-hydrogen) atoms. The lowest BCUT2D eigenvalue weighted by molar-refractivity contribution is -0.135. The molecule has 1 aromatic carbocycles. The SMILES string of the molecule is O=C(O)CNC(=O)c1cc(Cl)cc(Br)c1. The van der Waals surface area contributed by atoms with Gasteiger partial charge < -0.3 is 10.4 Å². The number of aliphatic carboxylic acids is 1. The minimum Gasteiger partial charge on any atom is -0.480 e. The number of carbonyl (C=O) groups excluding carboxylic acids is 1. The molecule has 1 aromatic rings. The van der Waals surface area contributed by atoms with Gasteiger partial charge >= 0.3 is 5.97 Å². The Balaban J connectivity index is 2.77. The summed E-state index contributed by atoms with van der Waals surface area (Å²) in [6, 6.07) is 4.65. The van der Waals surface area contributed by atoms with Crippen molar-refractivity contribution in [2.24, 2.45) is 0 Å². The summed E-state index contributed by atoms with van der Waals surface area (Å²) in [5, 5.41) is 11.0. The third-order valence-electron chi connectivity index (χ3n) is 1.52. The monoisotopic (exact) mass is 291 g/mol. The number of nitrogens with one attached hydrogen (secondary N) is 1. The van der Waals surface area contributed by atoms with Gasteiger partial charge in [-0.25, -0.2) is 0 Å². The van der Waals surface area contributed by atoms with E-state index in [0.29, 0.717) is 15.1 Å². The van der Waals surface area contributed by atoms with Gasteiger partial charge in [-0.05, 0) is 18.2 Å². The Morgan fingerprint density at radius 2 is 2.07 bits per heavy atom. The molecule has 0 fully saturated rings. The van der Waals surface area contributed by atoms with Gasteiger partial charge in [0.2, 0.25) is 0 Å². The molecule has 6 heteroatoms. The highest BCUT2D eigenvalue weighted by Gasteiger charge is 2.08. The number of amides is 1. The summed E-state index contributed by atoms with van der Waals surface area (Å²) in [5.74, 6) is -1.56. The van der Waals surface area contributed by atoms with Crippen molar-refractivity contribution in [3.63, 3.8) is 0 Å². The van der Waals surface area contributed by atoms with Crippen LogP contribution in [-0.2, 0) is 4.79 Å². The Labute approximate surface area is 99.4 Å². The van der Waals surface area contributed by atoms with Crippen LogP contribution in [0, 0.1) is 0 Å². The lowest BCUT2D eigenvalue weighted by Gasteiger charge is -2.03. The number of hydrogen-bond donors (Lipinski definition) is 2. The number of benzene rings is 1. The zero-order valence-electron chi connectivity index (χ0n) is 7.46. The van der Waals surface area contributed by atoms with Crippen LogP contribution in [0.1, 0.15) is 10.4 Å². The first-order valence-corrected chi connectivity index (χ1v) is 5.12. The average Bonchev–Trinajstić information content (AvgIpc) is 2.12. The first-order chi connectivity index (χ1) is 6.99. The Morgan fingerprint density at radius 3 is 2.60 bits per heavy atom. The summed E-state index contributed by atoms with van der Waals surface area (Å²) in [7, 11) is 0. The van der Waals surface area contributed by atoms with Crippen molar-refractivity contribution in [2.75, 3.05) is 6.54 Å². The maximum Gasteiger partial charge on any atom is 0.322 e. The minimum absolute atomic E-state index is 0.315. The van der Waals surface area contributed by atoms with Crippen molar-refractivity contribution >= 4 is 39.4 Å². The van der Waals surface area contributed by atoms with Crippen LogP contribution in [0.25, 0.3) is 0 Å². The second-order valence-corrected chi connectivity index (χ2v) is 4.09. The Bertz CT molecular complexity index is 388. The largest absolute Gasteiger partial charge is 0.480 e. The Hall–Kier alpha value is -1.07. The van der Waals surface area contributed by atoms with Crippen LogP contribution in [0.5, 0.6) is 0 Å². The normalized spacial score (nSPS) is 9.73. The van der Waals surface area contributed by atoms with E-state index in [2.05, 4.69) is 21.2 Å². The fraction of sp³-hybridized carbons (Fsp3) is 0.111. The van der Waals surface area contributed by atoms with E-state index in [1.54, 1.807) is 12.1 Å². The van der Waals surface area contributed by atoms with E-state index in [9.17, 15) is 9.59 Å². The first-order valence-electron chi connectivity index (χ1n) is 3.95. The summed E-state index contributed by atoms with van der Waals surface area (Å²) in [6.45, 7) is -0.414. The van der Waals surface area contributed by atoms with Crippen molar-refractivity contribution in [3.05, 3.63) is 33.3 Å². The fourth-order valence-electron chi connectivity index (χ4n) is 0.943. The van der Waals surface area contributed by atoms with Crippen LogP contribution in [0.15, 0.2) is 22.7 Å². The smallest absolute Gasteiger partial charge is 0.322 e. The number of halogens is 2. The maximum absolute atomic E-state index is 11.4. The van der Waals surface area contributed by atoms with Crippen molar-refractivity contribution in [2.45, 2.75) is 0 Å². The minimum atomic E-state index is -1.09. The van der Waals surface area contributed by atoms with Gasteiger partial charge in [-0.3, -0.25) is 9.59 Å². The molecule has 0 heterocycles. The number of carbonyl (C=O) groups is 2. The molecular formula is C9H7BrClNO3. The van der Waals surface area contributed by atoms with E-state index in [1.165, 1.54) is 6.07 Å². The molecule has 0 unspecified atom stereocenters. The van der Waals surface area contributed by atoms with Gasteiger partial charge in [-0.15, -0.1) is 0 Å². The quantitative estimate of drug-likeness (QED) is 0.894. The van der Waals surface area contributed by atoms with E-state index in [0.717, 1.165) is 0 Å². The standard InChI is InChI=1S/C9H7BrClNO3/c10-6-1-5(2-7(11)3-6)9(15)12-4-8(13)14/h1-3H,4H2,(H,12,15)(H,13,14). The molecule has 0 aliphatic heterocycles. The lowest BCUT2D eigenvalue weighted by Crippen LogP contribution is -2.29. The molecule has 0 spiro atoms. The zero-order valence-corrected chi connectivity index (χ0v) is 9.80. The topological polar surface area (TPSA) is 66.4 Å². The van der Waals surface area contributed by atoms with Crippen LogP contribution < -0.4 is 5.32 Å². The molecule has 80 valence electrons. The Kier molecular flexibility index (Phi) is 4.11. The summed E-state index contributed by atoms with van der Waals surface area (Å²) in [6.07, 6.45) is 0. The van der Waals surface area contributed by atoms with Gasteiger partial charge in [0.05, 0.1) is 0 Å². The third-order valence-corrected chi connectivity index (χ3v) is 2.20. The maximum atomic E-state index is 11.4. The van der Waals surface area contributed by atoms with Crippen LogP contribution in [-0.4, -0.2) is 23.5 Å². The summed E-state index contributed by atoms with van der Waals surface area (Å²) in [4.78, 5) is 21.6. The van der Waals surface area contributed by atoms with E-state index >= 15 is 0 Å². The highest BCUT2D eigenvalue weighted by atomic mass is 79.9. The fourth-order valence-corrected chi connectivity index (χ4v) is 1.80. The van der Waals surface area contributed by atoms with Gasteiger partial charge in [-0.2, -0.15) is 0 Å². The predicted octanol–water partition coefficient (Wildman–Crippen LogP) is 1.92. The second kappa shape index (κ2) is 5.14. The molecule has 0 aliphatic carbocycles. The molecule has 0 bridgehead atoms. The van der Waals surface area contributed by atoms with Gasteiger partial charge in [-0.1, -0.05) is 27.5 Å². The Morgan fingerprint density at radius 1 is 1.40 bits per heavy atom. The van der Waals surface area contributed by atoms with Crippen molar-refractivity contribution in [1.29, 1.82) is 0 Å². The predicted molar refractivity (Wildman–Crippen MR) is 59.1 cm³/mol. The summed E-state index contributed by atoms with van der Waals surface area (Å²) in [5.41, 5.74) is 0.315. The molecule has 0 saturated carbocycles. The zero-order chi connectivity index (χ0) is 11.4. The molecule has 0 saturated heterocycles. The second-order valence-electron chi connectivity index (χ2n) is 2.73. The highest BCUT2D eigenvalue weighted by Crippen LogP contribution is 2.19. The molecule has 4 nitrogen and oxygen atoms in total. The number of hydrogen-bond acceptors (Lipinski definition) is 2. The lowest BCUT2D eigenvalue weighted by atomic mass is 10.2.